The molecule has 1 aromatic carbocycles. The first-order valence-electron chi connectivity index (χ1n) is 8.47. The number of hydrogen-bond acceptors (Lipinski definition) is 4. The predicted molar refractivity (Wildman–Crippen MR) is 104 cm³/mol. The molecule has 3 rings (SSSR count). The fourth-order valence-corrected chi connectivity index (χ4v) is 3.49. The topological polar surface area (TPSA) is 56.1 Å². The van der Waals surface area contributed by atoms with E-state index in [0.717, 1.165) is 28.1 Å². The zero-order valence-corrected chi connectivity index (χ0v) is 16.3. The Hall–Kier alpha value is -2.60. The van der Waals surface area contributed by atoms with Crippen LogP contribution in [0.15, 0.2) is 35.8 Å². The summed E-state index contributed by atoms with van der Waals surface area (Å²) in [5.41, 5.74) is 5.41. The predicted octanol–water partition coefficient (Wildman–Crippen LogP) is 3.92. The Morgan fingerprint density at radius 2 is 2.08 bits per heavy atom. The van der Waals surface area contributed by atoms with Crippen LogP contribution in [0.5, 0.6) is 5.75 Å². The molecule has 136 valence electrons. The largest absolute Gasteiger partial charge is 0.489 e. The highest BCUT2D eigenvalue weighted by Crippen LogP contribution is 2.22. The molecule has 0 unspecified atom stereocenters. The summed E-state index contributed by atoms with van der Waals surface area (Å²) in [6.45, 7) is 7.02. The summed E-state index contributed by atoms with van der Waals surface area (Å²) in [5.74, 6) is 0.802. The molecule has 1 N–H and O–H groups in total. The molecule has 0 fully saturated rings. The van der Waals surface area contributed by atoms with E-state index in [-0.39, 0.29) is 5.91 Å². The quantitative estimate of drug-likeness (QED) is 0.717. The first-order valence-corrected chi connectivity index (χ1v) is 9.35. The number of nitrogens with zero attached hydrogens (tertiary/aromatic N) is 2. The summed E-state index contributed by atoms with van der Waals surface area (Å²) in [7, 11) is 1.89. The highest BCUT2D eigenvalue weighted by molar-refractivity contribution is 7.12. The second-order valence-corrected chi connectivity index (χ2v) is 7.35. The Kier molecular flexibility index (Phi) is 5.42. The number of aryl methyl sites for hydroxylation is 3. The number of carbonyl (C=O) groups is 1. The zero-order valence-electron chi connectivity index (χ0n) is 15.5. The average molecular weight is 369 g/mol. The van der Waals surface area contributed by atoms with Crippen LogP contribution >= 0.6 is 11.3 Å². The van der Waals surface area contributed by atoms with Crippen LogP contribution in [-0.4, -0.2) is 15.7 Å². The number of thiophene rings is 1. The van der Waals surface area contributed by atoms with Crippen LogP contribution in [0.2, 0.25) is 0 Å². The third-order valence-corrected chi connectivity index (χ3v) is 5.36. The van der Waals surface area contributed by atoms with Gasteiger partial charge in [-0.15, -0.1) is 11.3 Å². The third-order valence-electron chi connectivity index (χ3n) is 4.38. The lowest BCUT2D eigenvalue weighted by Gasteiger charge is -2.08. The molecule has 0 atom stereocenters. The van der Waals surface area contributed by atoms with Gasteiger partial charge in [0, 0.05) is 30.4 Å². The number of carbonyl (C=O) groups excluding carboxylic acids is 1. The summed E-state index contributed by atoms with van der Waals surface area (Å²) in [6.07, 6.45) is 1.78. The van der Waals surface area contributed by atoms with Crippen LogP contribution in [0.25, 0.3) is 0 Å². The standard InChI is InChI=1S/C20H23N3O2S/c1-13-5-6-18(14(2)7-13)25-11-16-8-19(26-12-16)20(24)21-9-17-10-22-23(4)15(17)3/h5-8,10,12H,9,11H2,1-4H3,(H,21,24). The summed E-state index contributed by atoms with van der Waals surface area (Å²) in [4.78, 5) is 13.0. The summed E-state index contributed by atoms with van der Waals surface area (Å²) >= 11 is 1.43. The molecular weight excluding hydrogens is 346 g/mol. The van der Waals surface area contributed by atoms with Crippen LogP contribution in [0.4, 0.5) is 0 Å². The van der Waals surface area contributed by atoms with Gasteiger partial charge in [0.1, 0.15) is 12.4 Å². The van der Waals surface area contributed by atoms with E-state index in [0.29, 0.717) is 18.0 Å². The molecular formula is C20H23N3O2S. The third kappa shape index (κ3) is 4.14. The molecule has 0 saturated heterocycles. The van der Waals surface area contributed by atoms with E-state index in [2.05, 4.69) is 23.4 Å². The molecule has 0 aliphatic rings. The second kappa shape index (κ2) is 7.74. The van der Waals surface area contributed by atoms with Gasteiger partial charge in [-0.05, 0) is 43.8 Å². The summed E-state index contributed by atoms with van der Waals surface area (Å²) in [5, 5.41) is 9.10. The van der Waals surface area contributed by atoms with E-state index in [1.165, 1.54) is 16.9 Å². The minimum Gasteiger partial charge on any atom is -0.489 e. The first kappa shape index (κ1) is 18.2. The van der Waals surface area contributed by atoms with Crippen molar-refractivity contribution in [1.82, 2.24) is 15.1 Å². The van der Waals surface area contributed by atoms with E-state index in [1.54, 1.807) is 10.9 Å². The van der Waals surface area contributed by atoms with Crippen LogP contribution in [0, 0.1) is 20.8 Å². The fraction of sp³-hybridized carbons (Fsp3) is 0.300. The van der Waals surface area contributed by atoms with E-state index < -0.39 is 0 Å². The maximum atomic E-state index is 12.3. The van der Waals surface area contributed by atoms with Crippen LogP contribution < -0.4 is 10.1 Å². The van der Waals surface area contributed by atoms with Gasteiger partial charge in [0.05, 0.1) is 11.1 Å². The van der Waals surface area contributed by atoms with E-state index in [9.17, 15) is 4.79 Å². The van der Waals surface area contributed by atoms with Crippen molar-refractivity contribution in [3.63, 3.8) is 0 Å². The summed E-state index contributed by atoms with van der Waals surface area (Å²) in [6, 6.07) is 8.01. The molecule has 1 amide bonds. The van der Waals surface area contributed by atoms with E-state index in [1.807, 2.05) is 44.5 Å². The Morgan fingerprint density at radius 1 is 1.27 bits per heavy atom. The van der Waals surface area contributed by atoms with Gasteiger partial charge in [-0.25, -0.2) is 0 Å². The lowest BCUT2D eigenvalue weighted by molar-refractivity contribution is 0.0955. The van der Waals surface area contributed by atoms with Gasteiger partial charge in [-0.1, -0.05) is 17.7 Å². The molecule has 0 aliphatic heterocycles. The van der Waals surface area contributed by atoms with Gasteiger partial charge in [0.2, 0.25) is 0 Å². The highest BCUT2D eigenvalue weighted by Gasteiger charge is 2.11. The average Bonchev–Trinajstić information content (AvgIpc) is 3.20. The van der Waals surface area contributed by atoms with Crippen molar-refractivity contribution in [3.8, 4) is 5.75 Å². The van der Waals surface area contributed by atoms with Crippen molar-refractivity contribution in [2.75, 3.05) is 0 Å². The maximum Gasteiger partial charge on any atom is 0.261 e. The van der Waals surface area contributed by atoms with Crippen molar-refractivity contribution >= 4 is 17.2 Å². The van der Waals surface area contributed by atoms with Crippen LogP contribution in [0.1, 0.15) is 37.6 Å². The smallest absolute Gasteiger partial charge is 0.261 e. The SMILES string of the molecule is Cc1ccc(OCc2csc(C(=O)NCc3cnn(C)c3C)c2)c(C)c1. The Morgan fingerprint density at radius 3 is 2.77 bits per heavy atom. The number of rotatable bonds is 6. The number of nitrogens with one attached hydrogen (secondary N) is 1. The molecule has 6 heteroatoms. The molecule has 26 heavy (non-hydrogen) atoms. The Balaban J connectivity index is 1.56. The number of aromatic nitrogens is 2. The lowest BCUT2D eigenvalue weighted by Crippen LogP contribution is -2.22. The molecule has 0 bridgehead atoms. The number of hydrogen-bond donors (Lipinski definition) is 1. The van der Waals surface area contributed by atoms with Gasteiger partial charge in [0.25, 0.3) is 5.91 Å². The highest BCUT2D eigenvalue weighted by atomic mass is 32.1. The van der Waals surface area contributed by atoms with Gasteiger partial charge >= 0.3 is 0 Å². The first-order chi connectivity index (χ1) is 12.4. The van der Waals surface area contributed by atoms with Gasteiger partial charge in [-0.3, -0.25) is 9.48 Å². The molecule has 0 spiro atoms. The van der Waals surface area contributed by atoms with Crippen molar-refractivity contribution in [3.05, 3.63) is 68.7 Å². The minimum atomic E-state index is -0.0731. The Labute approximate surface area is 157 Å². The van der Waals surface area contributed by atoms with Gasteiger partial charge in [0.15, 0.2) is 0 Å². The lowest BCUT2D eigenvalue weighted by atomic mass is 10.1. The van der Waals surface area contributed by atoms with Crippen LogP contribution in [0.3, 0.4) is 0 Å². The molecule has 2 heterocycles. The molecule has 0 aliphatic carbocycles. The molecule has 5 nitrogen and oxygen atoms in total. The van der Waals surface area contributed by atoms with E-state index in [4.69, 9.17) is 4.74 Å². The van der Waals surface area contributed by atoms with E-state index >= 15 is 0 Å². The molecule has 0 saturated carbocycles. The molecule has 0 radical (unpaired) electrons. The zero-order chi connectivity index (χ0) is 18.7. The van der Waals surface area contributed by atoms with Crippen LogP contribution in [-0.2, 0) is 20.2 Å². The number of ether oxygens (including phenoxy) is 1. The summed E-state index contributed by atoms with van der Waals surface area (Å²) < 4.78 is 7.68. The number of amides is 1. The number of benzene rings is 1. The normalized spacial score (nSPS) is 10.8. The maximum absolute atomic E-state index is 12.3. The van der Waals surface area contributed by atoms with Crippen molar-refractivity contribution in [1.29, 1.82) is 0 Å². The minimum absolute atomic E-state index is 0.0731. The van der Waals surface area contributed by atoms with Crippen molar-refractivity contribution in [2.24, 2.45) is 7.05 Å². The molecule has 3 aromatic rings. The monoisotopic (exact) mass is 369 g/mol. The van der Waals surface area contributed by atoms with Crippen molar-refractivity contribution in [2.45, 2.75) is 33.9 Å². The van der Waals surface area contributed by atoms with Gasteiger partial charge in [-0.2, -0.15) is 5.10 Å². The fourth-order valence-electron chi connectivity index (χ4n) is 2.67. The van der Waals surface area contributed by atoms with Gasteiger partial charge < -0.3 is 10.1 Å². The second-order valence-electron chi connectivity index (χ2n) is 6.44. The van der Waals surface area contributed by atoms with Crippen molar-refractivity contribution < 1.29 is 9.53 Å². The Bertz CT molecular complexity index is 927. The molecule has 2 aromatic heterocycles.